The van der Waals surface area contributed by atoms with Gasteiger partial charge in [0.2, 0.25) is 0 Å². The summed E-state index contributed by atoms with van der Waals surface area (Å²) in [4.78, 5) is 17.8. The third-order valence-electron chi connectivity index (χ3n) is 6.14. The summed E-state index contributed by atoms with van der Waals surface area (Å²) in [5.41, 5.74) is 3.65. The van der Waals surface area contributed by atoms with Crippen LogP contribution in [0.4, 0.5) is 5.69 Å². The van der Waals surface area contributed by atoms with Crippen molar-refractivity contribution in [2.45, 2.75) is 32.4 Å². The highest BCUT2D eigenvalue weighted by atomic mass is 16.5. The molecule has 4 rings (SSSR count). The Kier molecular flexibility index (Phi) is 6.76. The lowest BCUT2D eigenvalue weighted by molar-refractivity contribution is 0.0958. The van der Waals surface area contributed by atoms with Crippen LogP contribution < -0.4 is 9.64 Å². The number of carbonyl (C=O) groups is 1. The van der Waals surface area contributed by atoms with E-state index in [2.05, 4.69) is 24.0 Å². The lowest BCUT2D eigenvalue weighted by Gasteiger charge is -2.39. The second kappa shape index (κ2) is 9.88. The Hall–Kier alpha value is -3.31. The Morgan fingerprint density at radius 1 is 1.03 bits per heavy atom. The number of nitrogens with zero attached hydrogens (tertiary/aromatic N) is 2. The van der Waals surface area contributed by atoms with Crippen LogP contribution in [0.3, 0.4) is 0 Å². The summed E-state index contributed by atoms with van der Waals surface area (Å²) in [5, 5.41) is 10.4. The van der Waals surface area contributed by atoms with Crippen molar-refractivity contribution in [1.82, 2.24) is 4.90 Å². The number of methoxy groups -OCH3 is 1. The number of para-hydroxylation sites is 1. The van der Waals surface area contributed by atoms with Gasteiger partial charge in [0.1, 0.15) is 0 Å². The number of ether oxygens (including phenoxy) is 1. The Morgan fingerprint density at radius 2 is 1.75 bits per heavy atom. The molecule has 1 saturated heterocycles. The molecule has 5 heteroatoms. The Labute approximate surface area is 189 Å². The first kappa shape index (κ1) is 21.9. The van der Waals surface area contributed by atoms with Gasteiger partial charge in [-0.05, 0) is 55.7 Å². The molecule has 0 spiro atoms. The van der Waals surface area contributed by atoms with Crippen LogP contribution in [0.5, 0.6) is 11.5 Å². The summed E-state index contributed by atoms with van der Waals surface area (Å²) in [6, 6.07) is 23.4. The zero-order chi connectivity index (χ0) is 22.5. The van der Waals surface area contributed by atoms with E-state index in [9.17, 15) is 9.90 Å². The molecule has 1 fully saturated rings. The second-order valence-corrected chi connectivity index (χ2v) is 8.36. The van der Waals surface area contributed by atoms with Gasteiger partial charge in [-0.1, -0.05) is 42.5 Å². The van der Waals surface area contributed by atoms with E-state index in [1.165, 1.54) is 0 Å². The fraction of sp³-hybridized carbons (Fsp3) is 0.296. The number of likely N-dealkylation sites (tertiary alicyclic amines) is 1. The third kappa shape index (κ3) is 4.78. The zero-order valence-corrected chi connectivity index (χ0v) is 18.7. The molecule has 5 nitrogen and oxygen atoms in total. The standard InChI is InChI=1S/C27H30N2O3/c1-20-8-6-12-24(18-20)29(27(31)21-9-4-3-5-10-21)23-14-16-28(17-15-23)19-22-11-7-13-25(32-2)26(22)30/h3-13,18,23,30H,14-17,19H2,1-2H3. The Morgan fingerprint density at radius 3 is 2.44 bits per heavy atom. The predicted molar refractivity (Wildman–Crippen MR) is 127 cm³/mol. The van der Waals surface area contributed by atoms with E-state index in [0.717, 1.165) is 42.7 Å². The van der Waals surface area contributed by atoms with E-state index in [0.29, 0.717) is 17.9 Å². The molecule has 3 aromatic carbocycles. The normalized spacial score (nSPS) is 14.8. The second-order valence-electron chi connectivity index (χ2n) is 8.36. The van der Waals surface area contributed by atoms with Crippen LogP contribution in [0.15, 0.2) is 72.8 Å². The number of amides is 1. The van der Waals surface area contributed by atoms with Gasteiger partial charge >= 0.3 is 0 Å². The largest absolute Gasteiger partial charge is 0.504 e. The molecule has 0 radical (unpaired) electrons. The molecule has 1 aliphatic heterocycles. The molecule has 166 valence electrons. The number of piperidine rings is 1. The van der Waals surface area contributed by atoms with Gasteiger partial charge < -0.3 is 14.7 Å². The molecule has 3 aromatic rings. The first-order valence-electron chi connectivity index (χ1n) is 11.1. The van der Waals surface area contributed by atoms with Crippen molar-refractivity contribution >= 4 is 11.6 Å². The Bertz CT molecular complexity index is 1060. The van der Waals surface area contributed by atoms with Crippen LogP contribution in [-0.4, -0.2) is 42.2 Å². The molecule has 0 saturated carbocycles. The van der Waals surface area contributed by atoms with Gasteiger partial charge in [-0.25, -0.2) is 0 Å². The average Bonchev–Trinajstić information content (AvgIpc) is 2.82. The number of hydrogen-bond acceptors (Lipinski definition) is 4. The minimum Gasteiger partial charge on any atom is -0.504 e. The number of benzene rings is 3. The summed E-state index contributed by atoms with van der Waals surface area (Å²) in [6.45, 7) is 4.42. The van der Waals surface area contributed by atoms with Crippen molar-refractivity contribution in [1.29, 1.82) is 0 Å². The maximum Gasteiger partial charge on any atom is 0.258 e. The molecule has 0 bridgehead atoms. The maximum atomic E-state index is 13.5. The SMILES string of the molecule is COc1cccc(CN2CCC(N(C(=O)c3ccccc3)c3cccc(C)c3)CC2)c1O. The number of phenols is 1. The van der Waals surface area contributed by atoms with Gasteiger partial charge in [-0.2, -0.15) is 0 Å². The molecular weight excluding hydrogens is 400 g/mol. The van der Waals surface area contributed by atoms with Crippen LogP contribution in [0.25, 0.3) is 0 Å². The summed E-state index contributed by atoms with van der Waals surface area (Å²) in [7, 11) is 1.56. The number of carbonyl (C=O) groups excluding carboxylic acids is 1. The van der Waals surface area contributed by atoms with Crippen molar-refractivity contribution in [2.24, 2.45) is 0 Å². The molecule has 1 heterocycles. The molecule has 1 aliphatic rings. The predicted octanol–water partition coefficient (Wildman–Crippen LogP) is 5.02. The van der Waals surface area contributed by atoms with Crippen molar-refractivity contribution in [3.8, 4) is 11.5 Å². The lowest BCUT2D eigenvalue weighted by Crippen LogP contribution is -2.47. The van der Waals surface area contributed by atoms with Crippen molar-refractivity contribution in [3.63, 3.8) is 0 Å². The van der Waals surface area contributed by atoms with E-state index in [4.69, 9.17) is 4.74 Å². The topological polar surface area (TPSA) is 53.0 Å². The zero-order valence-electron chi connectivity index (χ0n) is 18.7. The van der Waals surface area contributed by atoms with Crippen molar-refractivity contribution in [3.05, 3.63) is 89.5 Å². The molecule has 0 aliphatic carbocycles. The molecule has 0 unspecified atom stereocenters. The van der Waals surface area contributed by atoms with Crippen molar-refractivity contribution in [2.75, 3.05) is 25.1 Å². The van der Waals surface area contributed by atoms with Gasteiger partial charge in [-0.15, -0.1) is 0 Å². The smallest absolute Gasteiger partial charge is 0.258 e. The van der Waals surface area contributed by atoms with Gasteiger partial charge in [0, 0.05) is 42.5 Å². The van der Waals surface area contributed by atoms with Gasteiger partial charge in [0.05, 0.1) is 7.11 Å². The fourth-order valence-electron chi connectivity index (χ4n) is 4.43. The third-order valence-corrected chi connectivity index (χ3v) is 6.14. The van der Waals surface area contributed by atoms with Crippen molar-refractivity contribution < 1.29 is 14.6 Å². The van der Waals surface area contributed by atoms with Gasteiger partial charge in [-0.3, -0.25) is 9.69 Å². The molecule has 1 N–H and O–H groups in total. The highest BCUT2D eigenvalue weighted by molar-refractivity contribution is 6.06. The Balaban J connectivity index is 1.51. The fourth-order valence-corrected chi connectivity index (χ4v) is 4.43. The molecule has 0 atom stereocenters. The molecule has 0 aromatic heterocycles. The summed E-state index contributed by atoms with van der Waals surface area (Å²) >= 11 is 0. The number of aromatic hydroxyl groups is 1. The van der Waals surface area contributed by atoms with Gasteiger partial charge in [0.15, 0.2) is 11.5 Å². The van der Waals surface area contributed by atoms with Crippen LogP contribution in [-0.2, 0) is 6.54 Å². The minimum atomic E-state index is 0.0418. The van der Waals surface area contributed by atoms with Gasteiger partial charge in [0.25, 0.3) is 5.91 Å². The lowest BCUT2D eigenvalue weighted by atomic mass is 9.99. The average molecular weight is 431 g/mol. The van der Waals surface area contributed by atoms with E-state index in [1.54, 1.807) is 13.2 Å². The van der Waals surface area contributed by atoms with E-state index in [1.807, 2.05) is 59.5 Å². The quantitative estimate of drug-likeness (QED) is 0.597. The number of hydrogen-bond donors (Lipinski definition) is 1. The summed E-state index contributed by atoms with van der Waals surface area (Å²) in [6.07, 6.45) is 1.74. The highest BCUT2D eigenvalue weighted by Gasteiger charge is 2.30. The first-order chi connectivity index (χ1) is 15.6. The highest BCUT2D eigenvalue weighted by Crippen LogP contribution is 2.32. The van der Waals surface area contributed by atoms with Crippen LogP contribution in [0.2, 0.25) is 0 Å². The minimum absolute atomic E-state index is 0.0418. The maximum absolute atomic E-state index is 13.5. The first-order valence-corrected chi connectivity index (χ1v) is 11.1. The number of rotatable bonds is 6. The van der Waals surface area contributed by atoms with Crippen LogP contribution in [0, 0.1) is 6.92 Å². The van der Waals surface area contributed by atoms with E-state index < -0.39 is 0 Å². The van der Waals surface area contributed by atoms with Crippen LogP contribution in [0.1, 0.15) is 34.3 Å². The molecule has 1 amide bonds. The number of anilines is 1. The van der Waals surface area contributed by atoms with E-state index in [-0.39, 0.29) is 17.7 Å². The summed E-state index contributed by atoms with van der Waals surface area (Å²) in [5.74, 6) is 0.745. The monoisotopic (exact) mass is 430 g/mol. The molecule has 32 heavy (non-hydrogen) atoms. The number of aryl methyl sites for hydroxylation is 1. The molecular formula is C27H30N2O3. The van der Waals surface area contributed by atoms with Crippen LogP contribution >= 0.6 is 0 Å². The van der Waals surface area contributed by atoms with E-state index >= 15 is 0 Å². The number of phenolic OH excluding ortho intramolecular Hbond substituents is 1. The summed E-state index contributed by atoms with van der Waals surface area (Å²) < 4.78 is 5.24.